The number of rotatable bonds is 5. The maximum atomic E-state index is 10.3. The molecule has 0 aliphatic carbocycles. The van der Waals surface area contributed by atoms with Crippen molar-refractivity contribution in [2.75, 3.05) is 0 Å². The van der Waals surface area contributed by atoms with Crippen LogP contribution in [-0.2, 0) is 0 Å². The van der Waals surface area contributed by atoms with E-state index in [1.54, 1.807) is 0 Å². The fraction of sp³-hybridized carbons (Fsp3) is 0. The second-order valence-electron chi connectivity index (χ2n) is 17.1. The van der Waals surface area contributed by atoms with E-state index in [4.69, 9.17) is 4.98 Å². The lowest BCUT2D eigenvalue weighted by atomic mass is 10.0. The fourth-order valence-corrected chi connectivity index (χ4v) is 10.9. The van der Waals surface area contributed by atoms with Crippen molar-refractivity contribution in [1.82, 2.24) is 23.3 Å². The van der Waals surface area contributed by atoms with Gasteiger partial charge < -0.3 is 18.3 Å². The summed E-state index contributed by atoms with van der Waals surface area (Å²) in [6.07, 6.45) is 1.89. The van der Waals surface area contributed by atoms with E-state index in [9.17, 15) is 5.26 Å². The Hall–Kier alpha value is -9.18. The number of hydrogen-bond acceptors (Lipinski definition) is 2. The number of fused-ring (bicyclic) bond motifs is 12. The number of para-hydroxylation sites is 6. The van der Waals surface area contributed by atoms with Crippen LogP contribution in [0, 0.1) is 11.3 Å². The molecule has 6 heteroatoms. The number of benzene rings is 9. The molecule has 0 atom stereocenters. The molecule has 0 saturated heterocycles. The standard InChI is InChI=1S/C60H36N6/c61-37-38-25-28-60(66-57-24-12-6-18-47(57)49-35-40(27-30-59(49)66)64-54-21-9-3-15-44(54)45-16-4-10-22-55(45)64)50(33-38)51-36-41(31-32-62-51)65-56-23-11-5-17-46(56)48-34-39(26-29-58(48)65)63-52-19-7-1-13-42(52)43-14-2-8-20-53(43)63/h1-36H. The first-order valence-corrected chi connectivity index (χ1v) is 22.3. The van der Waals surface area contributed by atoms with Crippen LogP contribution in [0.1, 0.15) is 5.56 Å². The number of pyridine rings is 1. The molecule has 0 aliphatic heterocycles. The largest absolute Gasteiger partial charge is 0.309 e. The van der Waals surface area contributed by atoms with Gasteiger partial charge in [0.1, 0.15) is 0 Å². The van der Waals surface area contributed by atoms with Crippen molar-refractivity contribution in [1.29, 1.82) is 5.26 Å². The Balaban J connectivity index is 0.951. The van der Waals surface area contributed by atoms with Gasteiger partial charge in [-0.05, 0) is 103 Å². The SMILES string of the molecule is N#Cc1ccc(-n2c3ccccc3c3cc(-n4c5ccccc5c5ccccc54)ccc32)c(-c2cc(-n3c4ccccc4c4cc(-n5c6ccccc6c6ccccc65)ccc43)ccn2)c1. The number of aromatic nitrogens is 5. The Morgan fingerprint density at radius 3 is 1.12 bits per heavy atom. The highest BCUT2D eigenvalue weighted by molar-refractivity contribution is 6.14. The minimum absolute atomic E-state index is 0.574. The fourth-order valence-electron chi connectivity index (χ4n) is 10.9. The van der Waals surface area contributed by atoms with Gasteiger partial charge in [-0.15, -0.1) is 0 Å². The van der Waals surface area contributed by atoms with Gasteiger partial charge >= 0.3 is 0 Å². The summed E-state index contributed by atoms with van der Waals surface area (Å²) in [4.78, 5) is 5.05. The Morgan fingerprint density at radius 1 is 0.318 bits per heavy atom. The predicted molar refractivity (Wildman–Crippen MR) is 272 cm³/mol. The van der Waals surface area contributed by atoms with Crippen LogP contribution in [0.3, 0.4) is 0 Å². The number of nitriles is 1. The third-order valence-electron chi connectivity index (χ3n) is 13.6. The summed E-state index contributed by atoms with van der Waals surface area (Å²) in [5.74, 6) is 0. The van der Waals surface area contributed by atoms with Crippen LogP contribution in [0.5, 0.6) is 0 Å². The van der Waals surface area contributed by atoms with Gasteiger partial charge in [0.25, 0.3) is 0 Å². The molecule has 14 aromatic rings. The average molecular weight is 841 g/mol. The molecule has 5 heterocycles. The third kappa shape index (κ3) is 5.14. The Kier molecular flexibility index (Phi) is 7.65. The molecule has 0 radical (unpaired) electrons. The van der Waals surface area contributed by atoms with Crippen molar-refractivity contribution >= 4 is 87.2 Å². The molecule has 0 N–H and O–H groups in total. The maximum absolute atomic E-state index is 10.3. The van der Waals surface area contributed by atoms with E-state index in [1.165, 1.54) is 54.4 Å². The van der Waals surface area contributed by atoms with E-state index in [0.717, 1.165) is 66.8 Å². The molecule has 0 bridgehead atoms. The summed E-state index contributed by atoms with van der Waals surface area (Å²) in [6.45, 7) is 0. The maximum Gasteiger partial charge on any atom is 0.0991 e. The zero-order valence-corrected chi connectivity index (χ0v) is 35.5. The molecule has 5 aromatic heterocycles. The first-order chi connectivity index (χ1) is 32.7. The summed E-state index contributed by atoms with van der Waals surface area (Å²) in [7, 11) is 0. The highest BCUT2D eigenvalue weighted by Crippen LogP contribution is 2.41. The number of hydrogen-bond donors (Lipinski definition) is 0. The molecule has 0 aliphatic rings. The third-order valence-corrected chi connectivity index (χ3v) is 13.6. The molecular formula is C60H36N6. The molecule has 9 aromatic carbocycles. The van der Waals surface area contributed by atoms with Gasteiger partial charge in [-0.3, -0.25) is 4.98 Å². The van der Waals surface area contributed by atoms with E-state index in [1.807, 2.05) is 18.3 Å². The second kappa shape index (κ2) is 13.9. The highest BCUT2D eigenvalue weighted by Gasteiger charge is 2.21. The summed E-state index contributed by atoms with van der Waals surface area (Å²) >= 11 is 0. The predicted octanol–water partition coefficient (Wildman–Crippen LogP) is 15.0. The van der Waals surface area contributed by atoms with Gasteiger partial charge in [0.2, 0.25) is 0 Å². The molecule has 0 saturated carbocycles. The quantitative estimate of drug-likeness (QED) is 0.173. The minimum Gasteiger partial charge on any atom is -0.309 e. The van der Waals surface area contributed by atoms with E-state index < -0.39 is 0 Å². The van der Waals surface area contributed by atoms with Crippen molar-refractivity contribution < 1.29 is 0 Å². The summed E-state index contributed by atoms with van der Waals surface area (Å²) in [5.41, 5.74) is 15.5. The van der Waals surface area contributed by atoms with Crippen LogP contribution in [0.25, 0.3) is 121 Å². The molecule has 0 fully saturated rings. The normalized spacial score (nSPS) is 11.9. The van der Waals surface area contributed by atoms with Crippen LogP contribution in [-0.4, -0.2) is 23.3 Å². The van der Waals surface area contributed by atoms with Crippen LogP contribution in [0.4, 0.5) is 0 Å². The lowest BCUT2D eigenvalue weighted by molar-refractivity contribution is 1.14. The van der Waals surface area contributed by atoms with Crippen LogP contribution in [0.15, 0.2) is 219 Å². The lowest BCUT2D eigenvalue weighted by Gasteiger charge is -2.16. The molecule has 14 rings (SSSR count). The minimum atomic E-state index is 0.574. The van der Waals surface area contributed by atoms with Crippen molar-refractivity contribution in [3.05, 3.63) is 224 Å². The van der Waals surface area contributed by atoms with Gasteiger partial charge in [-0.2, -0.15) is 5.26 Å². The Bertz CT molecular complexity index is 4270. The van der Waals surface area contributed by atoms with Crippen molar-refractivity contribution in [3.63, 3.8) is 0 Å². The van der Waals surface area contributed by atoms with Gasteiger partial charge in [0, 0.05) is 71.9 Å². The van der Waals surface area contributed by atoms with Gasteiger partial charge in [0.05, 0.1) is 67.1 Å². The topological polar surface area (TPSA) is 56.4 Å². The highest BCUT2D eigenvalue weighted by atomic mass is 15.0. The van der Waals surface area contributed by atoms with Gasteiger partial charge in [-0.1, -0.05) is 109 Å². The van der Waals surface area contributed by atoms with E-state index >= 15 is 0 Å². The van der Waals surface area contributed by atoms with Gasteiger partial charge in [0.15, 0.2) is 0 Å². The first-order valence-electron chi connectivity index (χ1n) is 22.3. The van der Waals surface area contributed by atoms with Crippen molar-refractivity contribution in [2.45, 2.75) is 0 Å². The monoisotopic (exact) mass is 840 g/mol. The van der Waals surface area contributed by atoms with E-state index in [2.05, 4.69) is 225 Å². The Labute approximate surface area is 378 Å². The van der Waals surface area contributed by atoms with E-state index in [-0.39, 0.29) is 0 Å². The molecule has 0 amide bonds. The zero-order valence-electron chi connectivity index (χ0n) is 35.5. The zero-order chi connectivity index (χ0) is 43.5. The average Bonchev–Trinajstić information content (AvgIpc) is 4.11. The second-order valence-corrected chi connectivity index (χ2v) is 17.1. The van der Waals surface area contributed by atoms with Crippen LogP contribution < -0.4 is 0 Å². The molecule has 0 spiro atoms. The van der Waals surface area contributed by atoms with Crippen LogP contribution >= 0.6 is 0 Å². The Morgan fingerprint density at radius 2 is 0.682 bits per heavy atom. The summed E-state index contributed by atoms with van der Waals surface area (Å²) < 4.78 is 9.43. The lowest BCUT2D eigenvalue weighted by Crippen LogP contribution is -2.01. The summed E-state index contributed by atoms with van der Waals surface area (Å²) in [6, 6.07) is 78.1. The molecule has 306 valence electrons. The van der Waals surface area contributed by atoms with Crippen molar-refractivity contribution in [2.24, 2.45) is 0 Å². The molecule has 0 unspecified atom stereocenters. The molecule has 6 nitrogen and oxygen atoms in total. The van der Waals surface area contributed by atoms with Crippen molar-refractivity contribution in [3.8, 4) is 40.1 Å². The smallest absolute Gasteiger partial charge is 0.0991 e. The molecule has 66 heavy (non-hydrogen) atoms. The van der Waals surface area contributed by atoms with E-state index in [0.29, 0.717) is 5.56 Å². The molecular weight excluding hydrogens is 805 g/mol. The van der Waals surface area contributed by atoms with Gasteiger partial charge in [-0.25, -0.2) is 0 Å². The first kappa shape index (κ1) is 36.3. The summed E-state index contributed by atoms with van der Waals surface area (Å²) in [5, 5.41) is 19.9. The number of nitrogens with zero attached hydrogens (tertiary/aromatic N) is 6. The van der Waals surface area contributed by atoms with Crippen LogP contribution in [0.2, 0.25) is 0 Å².